The lowest BCUT2D eigenvalue weighted by molar-refractivity contribution is -0.0761. The maximum absolute atomic E-state index is 6.02. The van der Waals surface area contributed by atoms with Crippen molar-refractivity contribution >= 4 is 0 Å². The van der Waals surface area contributed by atoms with E-state index < -0.39 is 0 Å². The third kappa shape index (κ3) is 7.43. The molecule has 0 spiro atoms. The second-order valence-electron chi connectivity index (χ2n) is 7.89. The Bertz CT molecular complexity index is 281. The van der Waals surface area contributed by atoms with E-state index >= 15 is 0 Å². The molecule has 0 amide bonds. The van der Waals surface area contributed by atoms with Gasteiger partial charge in [0.05, 0.1) is 6.10 Å². The molecule has 0 aromatic rings. The van der Waals surface area contributed by atoms with Crippen LogP contribution in [0.3, 0.4) is 0 Å². The predicted molar refractivity (Wildman–Crippen MR) is 94.3 cm³/mol. The molecule has 1 aliphatic heterocycles. The minimum atomic E-state index is 0.453. The van der Waals surface area contributed by atoms with Gasteiger partial charge < -0.3 is 14.8 Å². The fourth-order valence-corrected chi connectivity index (χ4v) is 3.44. The van der Waals surface area contributed by atoms with Crippen LogP contribution in [0, 0.1) is 17.3 Å². The topological polar surface area (TPSA) is 30.5 Å². The van der Waals surface area contributed by atoms with Crippen molar-refractivity contribution in [1.82, 2.24) is 5.32 Å². The lowest BCUT2D eigenvalue weighted by Crippen LogP contribution is -2.40. The van der Waals surface area contributed by atoms with Crippen molar-refractivity contribution in [3.8, 4) is 0 Å². The summed E-state index contributed by atoms with van der Waals surface area (Å²) in [4.78, 5) is 0. The molecule has 1 rings (SSSR count). The number of hydrogen-bond donors (Lipinski definition) is 1. The molecule has 1 N–H and O–H groups in total. The zero-order valence-corrected chi connectivity index (χ0v) is 15.6. The van der Waals surface area contributed by atoms with Crippen LogP contribution in [0.25, 0.3) is 0 Å². The molecule has 1 heterocycles. The van der Waals surface area contributed by atoms with Gasteiger partial charge in [0.1, 0.15) is 0 Å². The minimum Gasteiger partial charge on any atom is -0.385 e. The summed E-state index contributed by atoms with van der Waals surface area (Å²) in [5.74, 6) is 1.43. The van der Waals surface area contributed by atoms with E-state index in [2.05, 4.69) is 33.0 Å². The van der Waals surface area contributed by atoms with Gasteiger partial charge in [-0.3, -0.25) is 0 Å². The quantitative estimate of drug-likeness (QED) is 0.578. The first-order valence-electron chi connectivity index (χ1n) is 9.30. The van der Waals surface area contributed by atoms with Gasteiger partial charge in [-0.1, -0.05) is 34.1 Å². The Balaban J connectivity index is 2.47. The Hall–Kier alpha value is -0.120. The molecule has 0 aromatic carbocycles. The molecular formula is C19H39NO2. The Morgan fingerprint density at radius 3 is 2.59 bits per heavy atom. The van der Waals surface area contributed by atoms with Crippen molar-refractivity contribution in [1.29, 1.82) is 0 Å². The van der Waals surface area contributed by atoms with Crippen LogP contribution >= 0.6 is 0 Å². The summed E-state index contributed by atoms with van der Waals surface area (Å²) in [5, 5.41) is 3.60. The van der Waals surface area contributed by atoms with E-state index in [9.17, 15) is 0 Å². The van der Waals surface area contributed by atoms with Crippen molar-refractivity contribution in [3.05, 3.63) is 0 Å². The first kappa shape index (κ1) is 19.9. The Labute approximate surface area is 138 Å². The van der Waals surface area contributed by atoms with Gasteiger partial charge in [0, 0.05) is 20.3 Å². The van der Waals surface area contributed by atoms with Crippen molar-refractivity contribution in [2.75, 3.05) is 33.4 Å². The van der Waals surface area contributed by atoms with E-state index in [4.69, 9.17) is 9.47 Å². The average molecular weight is 314 g/mol. The first-order chi connectivity index (χ1) is 10.5. The molecule has 3 heteroatoms. The monoisotopic (exact) mass is 313 g/mol. The van der Waals surface area contributed by atoms with Crippen LogP contribution in [0.4, 0.5) is 0 Å². The van der Waals surface area contributed by atoms with E-state index in [0.29, 0.717) is 17.4 Å². The number of methoxy groups -OCH3 is 1. The molecule has 2 atom stereocenters. The third-order valence-electron chi connectivity index (χ3n) is 5.13. The molecule has 3 nitrogen and oxygen atoms in total. The van der Waals surface area contributed by atoms with Crippen molar-refractivity contribution in [2.24, 2.45) is 17.3 Å². The van der Waals surface area contributed by atoms with Gasteiger partial charge in [-0.05, 0) is 62.4 Å². The molecule has 0 saturated carbocycles. The fraction of sp³-hybridized carbons (Fsp3) is 1.00. The zero-order chi connectivity index (χ0) is 16.4. The molecule has 1 saturated heterocycles. The highest BCUT2D eigenvalue weighted by Crippen LogP contribution is 2.43. The van der Waals surface area contributed by atoms with Crippen molar-refractivity contribution < 1.29 is 9.47 Å². The largest absolute Gasteiger partial charge is 0.385 e. The molecular weight excluding hydrogens is 274 g/mol. The van der Waals surface area contributed by atoms with Crippen LogP contribution in [0.5, 0.6) is 0 Å². The number of hydrogen-bond acceptors (Lipinski definition) is 3. The highest BCUT2D eigenvalue weighted by Gasteiger charge is 2.37. The van der Waals surface area contributed by atoms with Crippen LogP contribution in [0.1, 0.15) is 66.2 Å². The predicted octanol–water partition coefficient (Wildman–Crippen LogP) is 4.26. The molecule has 0 bridgehead atoms. The standard InChI is InChI=1S/C19H39NO2/c1-16(2)7-8-19(9-12-20-11-6-13-21-5)10-14-22-18(15-19)17(3)4/h16-18,20H,6-15H2,1-5H3. The summed E-state index contributed by atoms with van der Waals surface area (Å²) in [7, 11) is 1.77. The number of ether oxygens (including phenoxy) is 2. The molecule has 132 valence electrons. The zero-order valence-electron chi connectivity index (χ0n) is 15.6. The van der Waals surface area contributed by atoms with Gasteiger partial charge in [-0.2, -0.15) is 0 Å². The van der Waals surface area contributed by atoms with Gasteiger partial charge in [-0.25, -0.2) is 0 Å². The first-order valence-corrected chi connectivity index (χ1v) is 9.30. The highest BCUT2D eigenvalue weighted by molar-refractivity contribution is 4.88. The molecule has 22 heavy (non-hydrogen) atoms. The van der Waals surface area contributed by atoms with E-state index in [-0.39, 0.29) is 0 Å². The molecule has 0 radical (unpaired) electrons. The molecule has 2 unspecified atom stereocenters. The maximum Gasteiger partial charge on any atom is 0.0603 e. The van der Waals surface area contributed by atoms with Crippen LogP contribution < -0.4 is 5.32 Å². The highest BCUT2D eigenvalue weighted by atomic mass is 16.5. The summed E-state index contributed by atoms with van der Waals surface area (Å²) in [5.41, 5.74) is 0.492. The van der Waals surface area contributed by atoms with Crippen LogP contribution in [-0.4, -0.2) is 39.5 Å². The summed E-state index contributed by atoms with van der Waals surface area (Å²) < 4.78 is 11.1. The van der Waals surface area contributed by atoms with Gasteiger partial charge in [0.2, 0.25) is 0 Å². The Morgan fingerprint density at radius 1 is 1.18 bits per heavy atom. The van der Waals surface area contributed by atoms with Gasteiger partial charge in [-0.15, -0.1) is 0 Å². The van der Waals surface area contributed by atoms with Crippen LogP contribution in [0.15, 0.2) is 0 Å². The van der Waals surface area contributed by atoms with Crippen LogP contribution in [-0.2, 0) is 9.47 Å². The molecule has 0 aliphatic carbocycles. The fourth-order valence-electron chi connectivity index (χ4n) is 3.44. The van der Waals surface area contributed by atoms with Gasteiger partial charge in [0.25, 0.3) is 0 Å². The van der Waals surface area contributed by atoms with E-state index in [1.165, 1.54) is 32.1 Å². The molecule has 1 fully saturated rings. The lowest BCUT2D eigenvalue weighted by Gasteiger charge is -2.43. The Morgan fingerprint density at radius 2 is 1.95 bits per heavy atom. The maximum atomic E-state index is 6.02. The lowest BCUT2D eigenvalue weighted by atomic mass is 9.69. The van der Waals surface area contributed by atoms with Crippen LogP contribution in [0.2, 0.25) is 0 Å². The summed E-state index contributed by atoms with van der Waals surface area (Å²) in [6.07, 6.45) is 8.03. The van der Waals surface area contributed by atoms with E-state index in [0.717, 1.165) is 38.6 Å². The van der Waals surface area contributed by atoms with E-state index in [1.54, 1.807) is 7.11 Å². The van der Waals surface area contributed by atoms with Gasteiger partial charge in [0.15, 0.2) is 0 Å². The smallest absolute Gasteiger partial charge is 0.0603 e. The summed E-state index contributed by atoms with van der Waals surface area (Å²) in [6, 6.07) is 0. The second-order valence-corrected chi connectivity index (χ2v) is 7.89. The van der Waals surface area contributed by atoms with E-state index in [1.807, 2.05) is 0 Å². The SMILES string of the molecule is COCCCNCCC1(CCC(C)C)CCOC(C(C)C)C1. The average Bonchev–Trinajstić information content (AvgIpc) is 2.49. The summed E-state index contributed by atoms with van der Waals surface area (Å²) >= 11 is 0. The number of nitrogens with one attached hydrogen (secondary N) is 1. The van der Waals surface area contributed by atoms with Crippen molar-refractivity contribution in [3.63, 3.8) is 0 Å². The normalized spacial score (nSPS) is 26.0. The Kier molecular flexibility index (Phi) is 9.62. The molecule has 0 aromatic heterocycles. The summed E-state index contributed by atoms with van der Waals surface area (Å²) in [6.45, 7) is 13.3. The van der Waals surface area contributed by atoms with Crippen molar-refractivity contribution in [2.45, 2.75) is 72.3 Å². The molecule has 1 aliphatic rings. The van der Waals surface area contributed by atoms with Gasteiger partial charge >= 0.3 is 0 Å². The minimum absolute atomic E-state index is 0.453. The third-order valence-corrected chi connectivity index (χ3v) is 5.13. The number of rotatable bonds is 11. The second kappa shape index (κ2) is 10.6.